The molecule has 1 aromatic rings. The number of anilines is 3. The molecule has 3 N–H and O–H groups in total. The van der Waals surface area contributed by atoms with Gasteiger partial charge in [-0.3, -0.25) is 14.4 Å². The van der Waals surface area contributed by atoms with E-state index in [4.69, 9.17) is 10.5 Å². The molecule has 0 saturated carbocycles. The number of ether oxygens (including phenoxy) is 1. The number of fused-ring (bicyclic) bond motifs is 1. The molecule has 1 aliphatic rings. The fourth-order valence-electron chi connectivity index (χ4n) is 2.27. The molecule has 0 atom stereocenters. The Morgan fingerprint density at radius 3 is 2.73 bits per heavy atom. The van der Waals surface area contributed by atoms with E-state index in [1.54, 1.807) is 0 Å². The Morgan fingerprint density at radius 1 is 1.36 bits per heavy atom. The molecule has 0 fully saturated rings. The van der Waals surface area contributed by atoms with Crippen LogP contribution in [0.2, 0.25) is 0 Å². The molecule has 9 nitrogen and oxygen atoms in total. The van der Waals surface area contributed by atoms with E-state index in [2.05, 4.69) is 10.3 Å². The van der Waals surface area contributed by atoms with E-state index in [1.807, 2.05) is 4.90 Å². The predicted molar refractivity (Wildman–Crippen MR) is 80.9 cm³/mol. The molecule has 0 amide bonds. The number of nitrogens with two attached hydrogens (primary N) is 1. The van der Waals surface area contributed by atoms with Crippen molar-refractivity contribution in [1.29, 1.82) is 0 Å². The summed E-state index contributed by atoms with van der Waals surface area (Å²) in [6, 6.07) is 0. The molecule has 9 heteroatoms. The van der Waals surface area contributed by atoms with Gasteiger partial charge in [0.15, 0.2) is 5.82 Å². The molecule has 0 radical (unpaired) electrons. The molecule has 1 aromatic heterocycles. The Morgan fingerprint density at radius 2 is 2.09 bits per heavy atom. The molecule has 22 heavy (non-hydrogen) atoms. The van der Waals surface area contributed by atoms with E-state index < -0.39 is 11.5 Å². The highest BCUT2D eigenvalue weighted by molar-refractivity contribution is 5.82. The number of carbonyl (C=O) groups excluding carboxylic acids is 2. The summed E-state index contributed by atoms with van der Waals surface area (Å²) in [5.41, 5.74) is 5.48. The second-order valence-corrected chi connectivity index (χ2v) is 4.97. The number of aromatic nitrogens is 2. The molecule has 0 bridgehead atoms. The summed E-state index contributed by atoms with van der Waals surface area (Å²) >= 11 is 0. The van der Waals surface area contributed by atoms with Gasteiger partial charge in [-0.05, 0) is 12.8 Å². The third-order valence-corrected chi connectivity index (χ3v) is 3.28. The number of unbranched alkanes of at least 4 members (excludes halogenated alkanes) is 1. The van der Waals surface area contributed by atoms with E-state index in [9.17, 15) is 14.4 Å². The van der Waals surface area contributed by atoms with E-state index in [0.29, 0.717) is 32.1 Å². The smallest absolute Gasteiger partial charge is 0.302 e. The molecule has 0 spiro atoms. The summed E-state index contributed by atoms with van der Waals surface area (Å²) in [4.78, 5) is 40.3. The van der Waals surface area contributed by atoms with Crippen LogP contribution in [0.1, 0.15) is 31.5 Å². The minimum Gasteiger partial charge on any atom is -0.466 e. The molecule has 1 aliphatic heterocycles. The van der Waals surface area contributed by atoms with Crippen LogP contribution in [0.25, 0.3) is 0 Å². The SMILES string of the molecule is CC(=O)OCCCCN1CNc2c1nc(N)n(C(C)=O)c2=O. The van der Waals surface area contributed by atoms with Crippen molar-refractivity contribution in [3.05, 3.63) is 10.4 Å². The number of nitrogens with one attached hydrogen (secondary N) is 1. The number of carbonyl (C=O) groups is 2. The molecule has 0 aliphatic carbocycles. The molecular formula is C13H19N5O4. The van der Waals surface area contributed by atoms with Crippen molar-refractivity contribution in [2.45, 2.75) is 26.7 Å². The fraction of sp³-hybridized carbons (Fsp3) is 0.538. The lowest BCUT2D eigenvalue weighted by molar-refractivity contribution is -0.141. The molecule has 120 valence electrons. The first-order chi connectivity index (χ1) is 10.4. The van der Waals surface area contributed by atoms with Crippen molar-refractivity contribution in [3.63, 3.8) is 0 Å². The largest absolute Gasteiger partial charge is 0.466 e. The van der Waals surface area contributed by atoms with Crippen LogP contribution in [0.3, 0.4) is 0 Å². The van der Waals surface area contributed by atoms with Crippen LogP contribution in [-0.4, -0.2) is 41.2 Å². The van der Waals surface area contributed by atoms with Crippen LogP contribution in [0.5, 0.6) is 0 Å². The highest BCUT2D eigenvalue weighted by atomic mass is 16.5. The van der Waals surface area contributed by atoms with Gasteiger partial charge in [-0.25, -0.2) is 4.57 Å². The Kier molecular flexibility index (Phi) is 4.64. The molecule has 2 rings (SSSR count). The molecule has 2 heterocycles. The summed E-state index contributed by atoms with van der Waals surface area (Å²) < 4.78 is 5.70. The number of nitrogens with zero attached hydrogens (tertiary/aromatic N) is 3. The zero-order chi connectivity index (χ0) is 16.3. The average Bonchev–Trinajstić information content (AvgIpc) is 2.81. The first kappa shape index (κ1) is 15.8. The third-order valence-electron chi connectivity index (χ3n) is 3.28. The van der Waals surface area contributed by atoms with Crippen molar-refractivity contribution in [1.82, 2.24) is 9.55 Å². The number of hydrogen-bond donors (Lipinski definition) is 2. The van der Waals surface area contributed by atoms with Crippen molar-refractivity contribution < 1.29 is 14.3 Å². The van der Waals surface area contributed by atoms with Crippen molar-refractivity contribution in [2.75, 3.05) is 35.8 Å². The van der Waals surface area contributed by atoms with Crippen molar-refractivity contribution in [3.8, 4) is 0 Å². The second kappa shape index (κ2) is 6.46. The number of esters is 1. The molecule has 0 saturated heterocycles. The number of hydrogen-bond acceptors (Lipinski definition) is 8. The van der Waals surface area contributed by atoms with Gasteiger partial charge in [-0.15, -0.1) is 0 Å². The maximum absolute atomic E-state index is 12.2. The van der Waals surface area contributed by atoms with Gasteiger partial charge in [0.05, 0.1) is 13.3 Å². The monoisotopic (exact) mass is 309 g/mol. The predicted octanol–water partition coefficient (Wildman–Crippen LogP) is 0.0183. The van der Waals surface area contributed by atoms with Gasteiger partial charge in [-0.1, -0.05) is 0 Å². The Balaban J connectivity index is 2.05. The Hall–Kier alpha value is -2.58. The summed E-state index contributed by atoms with van der Waals surface area (Å²) in [7, 11) is 0. The maximum atomic E-state index is 12.2. The molecule has 0 unspecified atom stereocenters. The summed E-state index contributed by atoms with van der Waals surface area (Å²) in [6.07, 6.45) is 1.48. The summed E-state index contributed by atoms with van der Waals surface area (Å²) in [5.74, 6) is -0.441. The second-order valence-electron chi connectivity index (χ2n) is 4.97. The Bertz CT molecular complexity index is 655. The quantitative estimate of drug-likeness (QED) is 0.577. The van der Waals surface area contributed by atoms with E-state index in [1.165, 1.54) is 13.8 Å². The summed E-state index contributed by atoms with van der Waals surface area (Å²) in [5, 5.41) is 2.94. The lowest BCUT2D eigenvalue weighted by Gasteiger charge is -2.17. The summed E-state index contributed by atoms with van der Waals surface area (Å²) in [6.45, 7) is 4.05. The average molecular weight is 309 g/mol. The minimum atomic E-state index is -0.489. The van der Waals surface area contributed by atoms with Gasteiger partial charge in [0.1, 0.15) is 5.69 Å². The lowest BCUT2D eigenvalue weighted by atomic mass is 10.3. The van der Waals surface area contributed by atoms with Gasteiger partial charge >= 0.3 is 5.97 Å². The topological polar surface area (TPSA) is 120 Å². The molecular weight excluding hydrogens is 290 g/mol. The highest BCUT2D eigenvalue weighted by Gasteiger charge is 2.26. The van der Waals surface area contributed by atoms with Gasteiger partial charge in [-0.2, -0.15) is 4.98 Å². The van der Waals surface area contributed by atoms with Gasteiger partial charge in [0.2, 0.25) is 11.9 Å². The van der Waals surface area contributed by atoms with Crippen LogP contribution in [0.4, 0.5) is 17.5 Å². The molecule has 0 aromatic carbocycles. The Labute approximate surface area is 127 Å². The zero-order valence-corrected chi connectivity index (χ0v) is 12.6. The third kappa shape index (κ3) is 3.18. The highest BCUT2D eigenvalue weighted by Crippen LogP contribution is 2.26. The van der Waals surface area contributed by atoms with Crippen LogP contribution >= 0.6 is 0 Å². The van der Waals surface area contributed by atoms with Crippen LogP contribution in [0.15, 0.2) is 4.79 Å². The van der Waals surface area contributed by atoms with Crippen molar-refractivity contribution in [2.24, 2.45) is 0 Å². The van der Waals surface area contributed by atoms with Crippen LogP contribution in [-0.2, 0) is 9.53 Å². The minimum absolute atomic E-state index is 0.120. The zero-order valence-electron chi connectivity index (χ0n) is 12.6. The van der Waals surface area contributed by atoms with Crippen LogP contribution < -0.4 is 21.5 Å². The van der Waals surface area contributed by atoms with Crippen molar-refractivity contribution >= 4 is 29.3 Å². The first-order valence-corrected chi connectivity index (χ1v) is 6.97. The first-order valence-electron chi connectivity index (χ1n) is 6.97. The van der Waals surface area contributed by atoms with Crippen LogP contribution in [0, 0.1) is 0 Å². The van der Waals surface area contributed by atoms with Gasteiger partial charge < -0.3 is 20.7 Å². The maximum Gasteiger partial charge on any atom is 0.302 e. The number of nitrogen functional groups attached to an aromatic ring is 1. The lowest BCUT2D eigenvalue weighted by Crippen LogP contribution is -2.30. The van der Waals surface area contributed by atoms with E-state index in [-0.39, 0.29) is 17.6 Å². The standard InChI is InChI=1S/C13H19N5O4/c1-8(19)18-12(21)10-11(16-13(18)14)17(7-15-10)5-3-4-6-22-9(2)20/h15H,3-7H2,1-2H3,(H2,14,16). The van der Waals surface area contributed by atoms with E-state index in [0.717, 1.165) is 11.0 Å². The van der Waals surface area contributed by atoms with Gasteiger partial charge in [0, 0.05) is 20.4 Å². The fourth-order valence-corrected chi connectivity index (χ4v) is 2.27. The van der Waals surface area contributed by atoms with Gasteiger partial charge in [0.25, 0.3) is 5.56 Å². The normalized spacial score (nSPS) is 12.7. The number of rotatable bonds is 5. The van der Waals surface area contributed by atoms with E-state index >= 15 is 0 Å².